The Morgan fingerprint density at radius 2 is 2.08 bits per heavy atom. The van der Waals surface area contributed by atoms with Crippen LogP contribution < -0.4 is 0 Å². The highest BCUT2D eigenvalue weighted by molar-refractivity contribution is 5.90. The van der Waals surface area contributed by atoms with Crippen LogP contribution in [0.15, 0.2) is 43.0 Å². The van der Waals surface area contributed by atoms with Gasteiger partial charge in [0.25, 0.3) is 5.91 Å². The van der Waals surface area contributed by atoms with Gasteiger partial charge in [-0.25, -0.2) is 9.97 Å². The van der Waals surface area contributed by atoms with Gasteiger partial charge in [0.05, 0.1) is 31.5 Å². The predicted molar refractivity (Wildman–Crippen MR) is 88.7 cm³/mol. The summed E-state index contributed by atoms with van der Waals surface area (Å²) >= 11 is 0. The van der Waals surface area contributed by atoms with Gasteiger partial charge >= 0.3 is 0 Å². The van der Waals surface area contributed by atoms with Gasteiger partial charge in [0.2, 0.25) is 5.82 Å². The number of amides is 1. The minimum absolute atomic E-state index is 0.0520. The third-order valence-electron chi connectivity index (χ3n) is 4.77. The van der Waals surface area contributed by atoms with Gasteiger partial charge in [0.15, 0.2) is 0 Å². The summed E-state index contributed by atoms with van der Waals surface area (Å²) in [6.45, 7) is 2.34. The van der Waals surface area contributed by atoms with Crippen LogP contribution in [0, 0.1) is 0 Å². The molecule has 2 fully saturated rings. The van der Waals surface area contributed by atoms with Crippen molar-refractivity contribution in [3.05, 3.63) is 54.4 Å². The molecule has 0 aromatic carbocycles. The standard InChI is InChI=1S/C18H20N4O3/c23-17(16-20-5-1-6-21-16)22-9-4-18(13-22)10-15(12-25-18)24-11-14-2-7-19-8-3-14/h1-3,5-8,15H,4,9-13H2/t15-,18+/m1/s1. The summed E-state index contributed by atoms with van der Waals surface area (Å²) in [6.07, 6.45) is 8.37. The zero-order valence-electron chi connectivity index (χ0n) is 13.9. The number of aromatic nitrogens is 3. The minimum atomic E-state index is -0.298. The second kappa shape index (κ2) is 6.85. The maximum Gasteiger partial charge on any atom is 0.291 e. The zero-order valence-corrected chi connectivity index (χ0v) is 13.9. The summed E-state index contributed by atoms with van der Waals surface area (Å²) in [6, 6.07) is 5.59. The molecule has 1 spiro atoms. The van der Waals surface area contributed by atoms with Crippen molar-refractivity contribution >= 4 is 5.91 Å². The van der Waals surface area contributed by atoms with Crippen LogP contribution in [-0.4, -0.2) is 57.2 Å². The molecule has 4 heterocycles. The van der Waals surface area contributed by atoms with Crippen LogP contribution in [0.5, 0.6) is 0 Å². The van der Waals surface area contributed by atoms with Crippen LogP contribution in [0.2, 0.25) is 0 Å². The number of likely N-dealkylation sites (tertiary alicyclic amines) is 1. The quantitative estimate of drug-likeness (QED) is 0.839. The highest BCUT2D eigenvalue weighted by Gasteiger charge is 2.47. The number of carbonyl (C=O) groups is 1. The molecule has 0 N–H and O–H groups in total. The molecule has 2 aliphatic rings. The molecule has 2 aliphatic heterocycles. The summed E-state index contributed by atoms with van der Waals surface area (Å²) in [7, 11) is 0. The monoisotopic (exact) mass is 340 g/mol. The summed E-state index contributed by atoms with van der Waals surface area (Å²) in [5.41, 5.74) is 0.799. The molecule has 0 radical (unpaired) electrons. The maximum atomic E-state index is 12.5. The summed E-state index contributed by atoms with van der Waals surface area (Å²) < 4.78 is 12.0. The molecule has 25 heavy (non-hydrogen) atoms. The fourth-order valence-electron chi connectivity index (χ4n) is 3.46. The molecule has 0 bridgehead atoms. The fourth-order valence-corrected chi connectivity index (χ4v) is 3.46. The number of rotatable bonds is 4. The number of carbonyl (C=O) groups excluding carboxylic acids is 1. The fraction of sp³-hybridized carbons (Fsp3) is 0.444. The van der Waals surface area contributed by atoms with Crippen molar-refractivity contribution in [2.45, 2.75) is 31.2 Å². The zero-order chi connectivity index (χ0) is 17.1. The highest BCUT2D eigenvalue weighted by Crippen LogP contribution is 2.36. The molecular weight excluding hydrogens is 320 g/mol. The molecule has 0 unspecified atom stereocenters. The lowest BCUT2D eigenvalue weighted by atomic mass is 9.98. The number of pyridine rings is 1. The number of nitrogens with zero attached hydrogens (tertiary/aromatic N) is 4. The van der Waals surface area contributed by atoms with Crippen molar-refractivity contribution in [3.63, 3.8) is 0 Å². The van der Waals surface area contributed by atoms with Crippen LogP contribution in [0.1, 0.15) is 29.0 Å². The van der Waals surface area contributed by atoms with Gasteiger partial charge in [-0.1, -0.05) is 0 Å². The normalized spacial score (nSPS) is 25.6. The molecule has 2 aromatic rings. The van der Waals surface area contributed by atoms with Crippen LogP contribution in [0.3, 0.4) is 0 Å². The van der Waals surface area contributed by atoms with Crippen LogP contribution in [0.25, 0.3) is 0 Å². The van der Waals surface area contributed by atoms with E-state index in [1.54, 1.807) is 35.8 Å². The Labute approximate surface area is 146 Å². The van der Waals surface area contributed by atoms with Crippen LogP contribution in [-0.2, 0) is 16.1 Å². The average molecular weight is 340 g/mol. The summed E-state index contributed by atoms with van der Waals surface area (Å²) in [5.74, 6) is 0.102. The van der Waals surface area contributed by atoms with Gasteiger partial charge in [0.1, 0.15) is 0 Å². The molecule has 2 aromatic heterocycles. The molecule has 130 valence electrons. The highest BCUT2D eigenvalue weighted by atomic mass is 16.6. The summed E-state index contributed by atoms with van der Waals surface area (Å²) in [5, 5.41) is 0. The molecule has 1 amide bonds. The van der Waals surface area contributed by atoms with E-state index in [4.69, 9.17) is 9.47 Å². The molecule has 2 atom stereocenters. The first kappa shape index (κ1) is 16.1. The van der Waals surface area contributed by atoms with E-state index in [0.717, 1.165) is 18.4 Å². The average Bonchev–Trinajstić information content (AvgIpc) is 3.28. The third-order valence-corrected chi connectivity index (χ3v) is 4.77. The van der Waals surface area contributed by atoms with Gasteiger partial charge in [-0.2, -0.15) is 0 Å². The van der Waals surface area contributed by atoms with E-state index < -0.39 is 0 Å². The largest absolute Gasteiger partial charge is 0.371 e. The Morgan fingerprint density at radius 1 is 1.28 bits per heavy atom. The van der Waals surface area contributed by atoms with E-state index in [0.29, 0.717) is 26.3 Å². The Bertz CT molecular complexity index is 728. The van der Waals surface area contributed by atoms with Crippen molar-refractivity contribution in [2.24, 2.45) is 0 Å². The second-order valence-electron chi connectivity index (χ2n) is 6.54. The smallest absolute Gasteiger partial charge is 0.291 e. The Balaban J connectivity index is 1.33. The lowest BCUT2D eigenvalue weighted by molar-refractivity contribution is 0.000203. The van der Waals surface area contributed by atoms with E-state index in [2.05, 4.69) is 15.0 Å². The number of ether oxygens (including phenoxy) is 2. The van der Waals surface area contributed by atoms with Crippen molar-refractivity contribution in [3.8, 4) is 0 Å². The number of hydrogen-bond donors (Lipinski definition) is 0. The molecule has 2 saturated heterocycles. The van der Waals surface area contributed by atoms with E-state index in [1.807, 2.05) is 12.1 Å². The third kappa shape index (κ3) is 3.52. The molecule has 7 heteroatoms. The summed E-state index contributed by atoms with van der Waals surface area (Å²) in [4.78, 5) is 26.4. The molecule has 0 aliphatic carbocycles. The van der Waals surface area contributed by atoms with Gasteiger partial charge in [-0.15, -0.1) is 0 Å². The molecule has 4 rings (SSSR count). The first-order valence-corrected chi connectivity index (χ1v) is 8.45. The molecule has 0 saturated carbocycles. The lowest BCUT2D eigenvalue weighted by Gasteiger charge is -2.23. The first-order valence-electron chi connectivity index (χ1n) is 8.45. The van der Waals surface area contributed by atoms with Crippen molar-refractivity contribution in [2.75, 3.05) is 19.7 Å². The molecule has 7 nitrogen and oxygen atoms in total. The van der Waals surface area contributed by atoms with Crippen molar-refractivity contribution in [1.82, 2.24) is 19.9 Å². The van der Waals surface area contributed by atoms with Crippen LogP contribution in [0.4, 0.5) is 0 Å². The van der Waals surface area contributed by atoms with E-state index >= 15 is 0 Å². The Hall–Kier alpha value is -2.38. The Kier molecular flexibility index (Phi) is 4.42. The van der Waals surface area contributed by atoms with Gasteiger partial charge in [-0.3, -0.25) is 9.78 Å². The lowest BCUT2D eigenvalue weighted by Crippen LogP contribution is -2.36. The second-order valence-corrected chi connectivity index (χ2v) is 6.54. The van der Waals surface area contributed by atoms with Gasteiger partial charge in [-0.05, 0) is 30.2 Å². The van der Waals surface area contributed by atoms with Crippen molar-refractivity contribution in [1.29, 1.82) is 0 Å². The topological polar surface area (TPSA) is 77.4 Å². The SMILES string of the molecule is O=C(c1ncccn1)N1CC[C@]2(C[C@@H](OCc3ccncc3)CO2)C1. The van der Waals surface area contributed by atoms with Crippen molar-refractivity contribution < 1.29 is 14.3 Å². The predicted octanol–water partition coefficient (Wildman–Crippen LogP) is 1.46. The number of hydrogen-bond acceptors (Lipinski definition) is 6. The maximum absolute atomic E-state index is 12.5. The van der Waals surface area contributed by atoms with E-state index in [-0.39, 0.29) is 23.4 Å². The van der Waals surface area contributed by atoms with E-state index in [9.17, 15) is 4.79 Å². The van der Waals surface area contributed by atoms with Gasteiger partial charge < -0.3 is 14.4 Å². The first-order chi connectivity index (χ1) is 12.2. The molecular formula is C18H20N4O3. The van der Waals surface area contributed by atoms with E-state index in [1.165, 1.54) is 0 Å². The van der Waals surface area contributed by atoms with Crippen LogP contribution >= 0.6 is 0 Å². The van der Waals surface area contributed by atoms with Gasteiger partial charge in [0, 0.05) is 37.8 Å². The minimum Gasteiger partial charge on any atom is -0.371 e. The Morgan fingerprint density at radius 3 is 2.88 bits per heavy atom.